The van der Waals surface area contributed by atoms with Crippen molar-refractivity contribution in [1.82, 2.24) is 0 Å². The van der Waals surface area contributed by atoms with Gasteiger partial charge in [0.05, 0.1) is 6.61 Å². The molecule has 1 aromatic carbocycles. The fourth-order valence-corrected chi connectivity index (χ4v) is 1.41. The standard InChI is InChI=1S/C14H23NO2/c1-11(2)10-16-8-9-17-14-6-4-13(5-7-14)12(3)15/h4-7,11-12H,8-10,15H2,1-3H3. The molecular weight excluding hydrogens is 214 g/mol. The van der Waals surface area contributed by atoms with E-state index in [4.69, 9.17) is 15.2 Å². The molecule has 3 heteroatoms. The van der Waals surface area contributed by atoms with Gasteiger partial charge in [-0.15, -0.1) is 0 Å². The van der Waals surface area contributed by atoms with E-state index < -0.39 is 0 Å². The Morgan fingerprint density at radius 3 is 2.24 bits per heavy atom. The molecule has 2 N–H and O–H groups in total. The number of hydrogen-bond donors (Lipinski definition) is 1. The summed E-state index contributed by atoms with van der Waals surface area (Å²) in [4.78, 5) is 0. The fourth-order valence-electron chi connectivity index (χ4n) is 1.41. The summed E-state index contributed by atoms with van der Waals surface area (Å²) in [7, 11) is 0. The molecule has 0 saturated carbocycles. The van der Waals surface area contributed by atoms with Crippen molar-refractivity contribution < 1.29 is 9.47 Å². The van der Waals surface area contributed by atoms with Gasteiger partial charge in [0, 0.05) is 12.6 Å². The molecule has 1 rings (SSSR count). The van der Waals surface area contributed by atoms with Gasteiger partial charge in [0.1, 0.15) is 12.4 Å². The third-order valence-corrected chi connectivity index (χ3v) is 2.35. The smallest absolute Gasteiger partial charge is 0.119 e. The molecule has 1 unspecified atom stereocenters. The second-order valence-corrected chi connectivity index (χ2v) is 4.67. The van der Waals surface area contributed by atoms with Crippen LogP contribution in [0.4, 0.5) is 0 Å². The quantitative estimate of drug-likeness (QED) is 0.742. The maximum absolute atomic E-state index is 5.77. The van der Waals surface area contributed by atoms with Gasteiger partial charge in [-0.3, -0.25) is 0 Å². The Morgan fingerprint density at radius 2 is 1.71 bits per heavy atom. The van der Waals surface area contributed by atoms with Crippen molar-refractivity contribution in [1.29, 1.82) is 0 Å². The van der Waals surface area contributed by atoms with Crippen LogP contribution in [0.2, 0.25) is 0 Å². The van der Waals surface area contributed by atoms with Gasteiger partial charge in [0.25, 0.3) is 0 Å². The zero-order valence-electron chi connectivity index (χ0n) is 11.0. The van der Waals surface area contributed by atoms with Crippen molar-refractivity contribution in [3.63, 3.8) is 0 Å². The van der Waals surface area contributed by atoms with Gasteiger partial charge in [0.15, 0.2) is 0 Å². The van der Waals surface area contributed by atoms with E-state index in [0.29, 0.717) is 19.1 Å². The van der Waals surface area contributed by atoms with Crippen molar-refractivity contribution in [3.05, 3.63) is 29.8 Å². The van der Waals surface area contributed by atoms with Gasteiger partial charge in [-0.05, 0) is 30.5 Å². The normalized spacial score (nSPS) is 12.8. The van der Waals surface area contributed by atoms with Crippen molar-refractivity contribution in [2.75, 3.05) is 19.8 Å². The van der Waals surface area contributed by atoms with Crippen molar-refractivity contribution in [3.8, 4) is 5.75 Å². The highest BCUT2D eigenvalue weighted by molar-refractivity contribution is 5.28. The van der Waals surface area contributed by atoms with E-state index in [1.165, 1.54) is 0 Å². The first kappa shape index (κ1) is 14.0. The van der Waals surface area contributed by atoms with Crippen LogP contribution in [0.1, 0.15) is 32.4 Å². The lowest BCUT2D eigenvalue weighted by Gasteiger charge is -2.10. The lowest BCUT2D eigenvalue weighted by molar-refractivity contribution is 0.0819. The lowest BCUT2D eigenvalue weighted by Crippen LogP contribution is -2.10. The second kappa shape index (κ2) is 7.30. The van der Waals surface area contributed by atoms with Gasteiger partial charge in [0.2, 0.25) is 0 Å². The molecule has 0 aromatic heterocycles. The van der Waals surface area contributed by atoms with Crippen LogP contribution in [-0.2, 0) is 4.74 Å². The molecule has 0 amide bonds. The van der Waals surface area contributed by atoms with E-state index in [1.807, 2.05) is 31.2 Å². The van der Waals surface area contributed by atoms with Crippen molar-refractivity contribution in [2.45, 2.75) is 26.8 Å². The minimum atomic E-state index is 0.0680. The Bertz CT molecular complexity index is 307. The van der Waals surface area contributed by atoms with Crippen LogP contribution >= 0.6 is 0 Å². The molecule has 1 atom stereocenters. The van der Waals surface area contributed by atoms with Crippen LogP contribution in [0, 0.1) is 5.92 Å². The molecule has 0 spiro atoms. The Labute approximate surface area is 104 Å². The first-order valence-electron chi connectivity index (χ1n) is 6.15. The highest BCUT2D eigenvalue weighted by Crippen LogP contribution is 2.15. The molecule has 3 nitrogen and oxygen atoms in total. The van der Waals surface area contributed by atoms with Crippen LogP contribution < -0.4 is 10.5 Å². The SMILES string of the molecule is CC(C)COCCOc1ccc(C(C)N)cc1. The van der Waals surface area contributed by atoms with E-state index >= 15 is 0 Å². The average Bonchev–Trinajstić information content (AvgIpc) is 2.29. The maximum atomic E-state index is 5.77. The van der Waals surface area contributed by atoms with Gasteiger partial charge < -0.3 is 15.2 Å². The Hall–Kier alpha value is -1.06. The summed E-state index contributed by atoms with van der Waals surface area (Å²) in [5.41, 5.74) is 6.89. The first-order valence-corrected chi connectivity index (χ1v) is 6.15. The minimum Gasteiger partial charge on any atom is -0.491 e. The largest absolute Gasteiger partial charge is 0.491 e. The van der Waals surface area contributed by atoms with Gasteiger partial charge in [-0.1, -0.05) is 26.0 Å². The molecular formula is C14H23NO2. The van der Waals surface area contributed by atoms with Crippen LogP contribution in [0.15, 0.2) is 24.3 Å². The summed E-state index contributed by atoms with van der Waals surface area (Å²) in [6, 6.07) is 7.95. The summed E-state index contributed by atoms with van der Waals surface area (Å²) >= 11 is 0. The topological polar surface area (TPSA) is 44.5 Å². The second-order valence-electron chi connectivity index (χ2n) is 4.67. The molecule has 0 heterocycles. The molecule has 0 radical (unpaired) electrons. The monoisotopic (exact) mass is 237 g/mol. The lowest BCUT2D eigenvalue weighted by atomic mass is 10.1. The predicted octanol–water partition coefficient (Wildman–Crippen LogP) is 2.76. The van der Waals surface area contributed by atoms with Gasteiger partial charge in [-0.25, -0.2) is 0 Å². The molecule has 0 aliphatic rings. The summed E-state index contributed by atoms with van der Waals surface area (Å²) in [6.45, 7) is 8.24. The van der Waals surface area contributed by atoms with E-state index in [9.17, 15) is 0 Å². The number of nitrogens with two attached hydrogens (primary N) is 1. The van der Waals surface area contributed by atoms with Crippen LogP contribution in [0.25, 0.3) is 0 Å². The molecule has 0 aliphatic heterocycles. The Kier molecular flexibility index (Phi) is 6.01. The van der Waals surface area contributed by atoms with Gasteiger partial charge >= 0.3 is 0 Å². The zero-order chi connectivity index (χ0) is 12.7. The first-order chi connectivity index (χ1) is 8.09. The van der Waals surface area contributed by atoms with E-state index in [1.54, 1.807) is 0 Å². The number of rotatable bonds is 7. The number of hydrogen-bond acceptors (Lipinski definition) is 3. The van der Waals surface area contributed by atoms with Crippen molar-refractivity contribution >= 4 is 0 Å². The summed E-state index contributed by atoms with van der Waals surface area (Å²) in [5.74, 6) is 1.43. The van der Waals surface area contributed by atoms with Crippen LogP contribution in [0.3, 0.4) is 0 Å². The number of benzene rings is 1. The highest BCUT2D eigenvalue weighted by atomic mass is 16.5. The van der Waals surface area contributed by atoms with E-state index in [2.05, 4.69) is 13.8 Å². The highest BCUT2D eigenvalue weighted by Gasteiger charge is 1.99. The molecule has 0 aliphatic carbocycles. The minimum absolute atomic E-state index is 0.0680. The maximum Gasteiger partial charge on any atom is 0.119 e. The summed E-state index contributed by atoms with van der Waals surface area (Å²) in [5, 5.41) is 0. The van der Waals surface area contributed by atoms with E-state index in [-0.39, 0.29) is 6.04 Å². The summed E-state index contributed by atoms with van der Waals surface area (Å²) < 4.78 is 11.0. The fraction of sp³-hybridized carbons (Fsp3) is 0.571. The average molecular weight is 237 g/mol. The zero-order valence-corrected chi connectivity index (χ0v) is 11.0. The third-order valence-electron chi connectivity index (χ3n) is 2.35. The molecule has 0 fully saturated rings. The van der Waals surface area contributed by atoms with Crippen LogP contribution in [0.5, 0.6) is 5.75 Å². The number of ether oxygens (including phenoxy) is 2. The molecule has 17 heavy (non-hydrogen) atoms. The predicted molar refractivity (Wildman–Crippen MR) is 70.2 cm³/mol. The molecule has 1 aromatic rings. The molecule has 0 bridgehead atoms. The summed E-state index contributed by atoms with van der Waals surface area (Å²) in [6.07, 6.45) is 0. The Balaban J connectivity index is 2.23. The van der Waals surface area contributed by atoms with Crippen LogP contribution in [-0.4, -0.2) is 19.8 Å². The van der Waals surface area contributed by atoms with Crippen molar-refractivity contribution in [2.24, 2.45) is 11.7 Å². The third kappa shape index (κ3) is 5.71. The molecule has 0 saturated heterocycles. The Morgan fingerprint density at radius 1 is 1.06 bits per heavy atom. The molecule has 96 valence electrons. The van der Waals surface area contributed by atoms with E-state index in [0.717, 1.165) is 17.9 Å². The van der Waals surface area contributed by atoms with Gasteiger partial charge in [-0.2, -0.15) is 0 Å².